The molecule has 62 valence electrons. The minimum atomic E-state index is -3.25. The molecule has 0 heterocycles. The topological polar surface area (TPSA) is 46.2 Å². The van der Waals surface area contributed by atoms with Crippen LogP contribution in [0, 0.1) is 0 Å². The molecule has 0 unspecified atom stereocenters. The summed E-state index contributed by atoms with van der Waals surface area (Å²) >= 11 is 0. The van der Waals surface area contributed by atoms with Crippen LogP contribution >= 0.6 is 0 Å². The van der Waals surface area contributed by atoms with E-state index in [0.717, 1.165) is 0 Å². The molecule has 0 atom stereocenters. The zero-order chi connectivity index (χ0) is 8.20. The fraction of sp³-hybridized carbons (Fsp3) is 1.00. The molecule has 0 aromatic rings. The molecule has 0 bridgehead atoms. The van der Waals surface area contributed by atoms with Gasteiger partial charge in [-0.1, -0.05) is 0 Å². The van der Waals surface area contributed by atoms with Crippen molar-refractivity contribution in [2.24, 2.45) is 0 Å². The lowest BCUT2D eigenvalue weighted by atomic mass is 10.6. The highest BCUT2D eigenvalue weighted by molar-refractivity contribution is 7.90. The average Bonchev–Trinajstić information content (AvgIpc) is 1.84. The average molecular weight is 169 g/mol. The number of hydrogen-bond donors (Lipinski definition) is 1. The SMILES string of the molecule is CC(C)S(=O)(=O)NCCF. The van der Waals surface area contributed by atoms with Gasteiger partial charge in [-0.15, -0.1) is 0 Å². The van der Waals surface area contributed by atoms with Gasteiger partial charge in [0.2, 0.25) is 10.0 Å². The second-order valence-corrected chi connectivity index (χ2v) is 4.50. The Bertz CT molecular complexity index is 176. The van der Waals surface area contributed by atoms with Crippen molar-refractivity contribution in [1.82, 2.24) is 4.72 Å². The molecule has 0 aliphatic carbocycles. The van der Waals surface area contributed by atoms with E-state index < -0.39 is 21.9 Å². The Morgan fingerprint density at radius 3 is 2.30 bits per heavy atom. The number of sulfonamides is 1. The summed E-state index contributed by atoms with van der Waals surface area (Å²) in [6.07, 6.45) is 0. The molecule has 0 spiro atoms. The van der Waals surface area contributed by atoms with Crippen molar-refractivity contribution in [2.75, 3.05) is 13.2 Å². The predicted molar refractivity (Wildman–Crippen MR) is 38.0 cm³/mol. The van der Waals surface area contributed by atoms with Crippen LogP contribution in [0.15, 0.2) is 0 Å². The van der Waals surface area contributed by atoms with Crippen LogP contribution in [0.25, 0.3) is 0 Å². The van der Waals surface area contributed by atoms with Gasteiger partial charge in [-0.2, -0.15) is 0 Å². The van der Waals surface area contributed by atoms with Crippen molar-refractivity contribution in [3.8, 4) is 0 Å². The van der Waals surface area contributed by atoms with E-state index in [2.05, 4.69) is 4.72 Å². The zero-order valence-electron chi connectivity index (χ0n) is 6.09. The van der Waals surface area contributed by atoms with E-state index in [1.807, 2.05) is 0 Å². The van der Waals surface area contributed by atoms with Gasteiger partial charge in [-0.25, -0.2) is 17.5 Å². The normalized spacial score (nSPS) is 12.4. The molecule has 0 aliphatic heterocycles. The lowest BCUT2D eigenvalue weighted by Crippen LogP contribution is -2.32. The lowest BCUT2D eigenvalue weighted by molar-refractivity contribution is 0.485. The maximum atomic E-state index is 11.5. The minimum absolute atomic E-state index is 0.124. The first-order valence-corrected chi connectivity index (χ1v) is 4.59. The van der Waals surface area contributed by atoms with E-state index in [4.69, 9.17) is 0 Å². The van der Waals surface area contributed by atoms with E-state index in [9.17, 15) is 12.8 Å². The molecule has 10 heavy (non-hydrogen) atoms. The number of hydrogen-bond acceptors (Lipinski definition) is 2. The van der Waals surface area contributed by atoms with Crippen molar-refractivity contribution in [3.63, 3.8) is 0 Å². The van der Waals surface area contributed by atoms with Gasteiger partial charge in [0.25, 0.3) is 0 Å². The van der Waals surface area contributed by atoms with Crippen LogP contribution in [-0.2, 0) is 10.0 Å². The predicted octanol–water partition coefficient (Wildman–Crippen LogP) is 0.284. The molecule has 0 fully saturated rings. The Labute approximate surface area is 60.7 Å². The van der Waals surface area contributed by atoms with Gasteiger partial charge in [0, 0.05) is 6.54 Å². The number of halogens is 1. The molecule has 0 amide bonds. The Morgan fingerprint density at radius 1 is 1.50 bits per heavy atom. The Morgan fingerprint density at radius 2 is 2.00 bits per heavy atom. The van der Waals surface area contributed by atoms with E-state index >= 15 is 0 Å². The van der Waals surface area contributed by atoms with Crippen LogP contribution in [0.5, 0.6) is 0 Å². The standard InChI is InChI=1S/C5H12FNO2S/c1-5(2)10(8,9)7-4-3-6/h5,7H,3-4H2,1-2H3. The third-order valence-electron chi connectivity index (χ3n) is 1.02. The second-order valence-electron chi connectivity index (χ2n) is 2.18. The summed E-state index contributed by atoms with van der Waals surface area (Å²) in [6.45, 7) is 2.30. The van der Waals surface area contributed by atoms with E-state index in [1.165, 1.54) is 0 Å². The van der Waals surface area contributed by atoms with Crippen molar-refractivity contribution in [3.05, 3.63) is 0 Å². The summed E-state index contributed by atoms with van der Waals surface area (Å²) in [5.41, 5.74) is 0. The van der Waals surface area contributed by atoms with Crippen LogP contribution in [-0.4, -0.2) is 26.9 Å². The van der Waals surface area contributed by atoms with E-state index in [0.29, 0.717) is 0 Å². The van der Waals surface area contributed by atoms with E-state index in [-0.39, 0.29) is 6.54 Å². The first-order chi connectivity index (χ1) is 4.50. The number of alkyl halides is 1. The van der Waals surface area contributed by atoms with Crippen LogP contribution < -0.4 is 4.72 Å². The maximum Gasteiger partial charge on any atom is 0.214 e. The van der Waals surface area contributed by atoms with Gasteiger partial charge >= 0.3 is 0 Å². The summed E-state index contributed by atoms with van der Waals surface area (Å²) in [7, 11) is -3.25. The monoisotopic (exact) mass is 169 g/mol. The fourth-order valence-corrected chi connectivity index (χ4v) is 1.04. The second kappa shape index (κ2) is 3.88. The molecule has 5 heteroatoms. The first-order valence-electron chi connectivity index (χ1n) is 3.05. The highest BCUT2D eigenvalue weighted by Crippen LogP contribution is 1.94. The van der Waals surface area contributed by atoms with Gasteiger partial charge in [0.15, 0.2) is 0 Å². The van der Waals surface area contributed by atoms with Crippen molar-refractivity contribution < 1.29 is 12.8 Å². The fourth-order valence-electron chi connectivity index (χ4n) is 0.348. The molecule has 0 aromatic carbocycles. The summed E-state index contributed by atoms with van der Waals surface area (Å²) in [5, 5.41) is -0.487. The van der Waals surface area contributed by atoms with Gasteiger partial charge in [0.1, 0.15) is 6.67 Å². The Balaban J connectivity index is 3.90. The molecule has 3 nitrogen and oxygen atoms in total. The summed E-state index contributed by atoms with van der Waals surface area (Å²) in [4.78, 5) is 0. The third-order valence-corrected chi connectivity index (χ3v) is 2.87. The molecule has 0 radical (unpaired) electrons. The summed E-state index contributed by atoms with van der Waals surface area (Å²) in [5.74, 6) is 0. The minimum Gasteiger partial charge on any atom is -0.250 e. The largest absolute Gasteiger partial charge is 0.250 e. The Hall–Kier alpha value is -0.160. The summed E-state index contributed by atoms with van der Waals surface area (Å²) < 4.78 is 35.2. The maximum absolute atomic E-state index is 11.5. The molecule has 0 saturated heterocycles. The molecular formula is C5H12FNO2S. The molecule has 1 N–H and O–H groups in total. The number of rotatable bonds is 4. The molecular weight excluding hydrogens is 157 g/mol. The van der Waals surface area contributed by atoms with Crippen LogP contribution in [0.4, 0.5) is 4.39 Å². The van der Waals surface area contributed by atoms with Gasteiger partial charge in [-0.05, 0) is 13.8 Å². The smallest absolute Gasteiger partial charge is 0.214 e. The molecule has 0 aliphatic rings. The van der Waals surface area contributed by atoms with Crippen molar-refractivity contribution in [1.29, 1.82) is 0 Å². The zero-order valence-corrected chi connectivity index (χ0v) is 6.91. The van der Waals surface area contributed by atoms with E-state index in [1.54, 1.807) is 13.8 Å². The van der Waals surface area contributed by atoms with Crippen LogP contribution in [0.2, 0.25) is 0 Å². The third kappa shape index (κ3) is 3.12. The molecule has 0 aromatic heterocycles. The first kappa shape index (κ1) is 9.84. The van der Waals surface area contributed by atoms with Gasteiger partial charge in [0.05, 0.1) is 5.25 Å². The number of nitrogens with one attached hydrogen (secondary N) is 1. The lowest BCUT2D eigenvalue weighted by Gasteiger charge is -2.06. The Kier molecular flexibility index (Phi) is 3.81. The highest BCUT2D eigenvalue weighted by atomic mass is 32.2. The van der Waals surface area contributed by atoms with Gasteiger partial charge < -0.3 is 0 Å². The quantitative estimate of drug-likeness (QED) is 0.657. The van der Waals surface area contributed by atoms with Crippen LogP contribution in [0.3, 0.4) is 0 Å². The van der Waals surface area contributed by atoms with Gasteiger partial charge in [-0.3, -0.25) is 0 Å². The highest BCUT2D eigenvalue weighted by Gasteiger charge is 2.13. The van der Waals surface area contributed by atoms with Crippen molar-refractivity contribution in [2.45, 2.75) is 19.1 Å². The van der Waals surface area contributed by atoms with Crippen LogP contribution in [0.1, 0.15) is 13.8 Å². The molecule has 0 saturated carbocycles. The van der Waals surface area contributed by atoms with Crippen molar-refractivity contribution >= 4 is 10.0 Å². The molecule has 0 rings (SSSR count). The summed E-state index contributed by atoms with van der Waals surface area (Å²) in [6, 6.07) is 0.